The third kappa shape index (κ3) is 4.17. The smallest absolute Gasteiger partial charge is 0.338 e. The molecule has 1 N–H and O–H groups in total. The average Bonchev–Trinajstić information content (AvgIpc) is 2.93. The van der Waals surface area contributed by atoms with Crippen LogP contribution >= 0.6 is 11.6 Å². The molecule has 1 heterocycles. The van der Waals surface area contributed by atoms with E-state index < -0.39 is 36.1 Å². The molecule has 3 rings (SSSR count). The van der Waals surface area contributed by atoms with Crippen molar-refractivity contribution in [3.63, 3.8) is 0 Å². The number of esters is 1. The zero-order chi connectivity index (χ0) is 21.1. The van der Waals surface area contributed by atoms with E-state index in [1.54, 1.807) is 0 Å². The number of fused-ring (bicyclic) bond motifs is 1. The number of ether oxygens (including phenoxy) is 1. The number of halogens is 2. The van der Waals surface area contributed by atoms with Crippen LogP contribution in [-0.2, 0) is 9.53 Å². The van der Waals surface area contributed by atoms with Crippen LogP contribution in [0.2, 0.25) is 5.02 Å². The maximum atomic E-state index is 13.1. The van der Waals surface area contributed by atoms with Gasteiger partial charge < -0.3 is 10.1 Å². The van der Waals surface area contributed by atoms with Crippen molar-refractivity contribution < 1.29 is 28.3 Å². The first-order chi connectivity index (χ1) is 13.8. The molecule has 0 fully saturated rings. The number of nitrogens with one attached hydrogen (secondary N) is 1. The van der Waals surface area contributed by atoms with Gasteiger partial charge in [0.1, 0.15) is 5.82 Å². The van der Waals surface area contributed by atoms with Gasteiger partial charge in [-0.05, 0) is 36.4 Å². The molecular formula is C20H14ClFN2O5. The van der Waals surface area contributed by atoms with Gasteiger partial charge in [-0.15, -0.1) is 6.58 Å². The minimum absolute atomic E-state index is 0.0166. The minimum atomic E-state index is -0.845. The van der Waals surface area contributed by atoms with Crippen LogP contribution in [-0.4, -0.2) is 41.7 Å². The number of anilines is 1. The highest BCUT2D eigenvalue weighted by molar-refractivity contribution is 6.31. The summed E-state index contributed by atoms with van der Waals surface area (Å²) >= 11 is 5.63. The summed E-state index contributed by atoms with van der Waals surface area (Å²) in [6.07, 6.45) is 1.42. The summed E-state index contributed by atoms with van der Waals surface area (Å²) in [5.41, 5.74) is 0.514. The van der Waals surface area contributed by atoms with Crippen molar-refractivity contribution >= 4 is 41.0 Å². The molecule has 0 spiro atoms. The van der Waals surface area contributed by atoms with Crippen molar-refractivity contribution in [3.8, 4) is 0 Å². The highest BCUT2D eigenvalue weighted by atomic mass is 35.5. The molecule has 1 aliphatic heterocycles. The third-order valence-electron chi connectivity index (χ3n) is 4.06. The average molecular weight is 417 g/mol. The lowest BCUT2D eigenvalue weighted by Gasteiger charge is -2.09. The Kier molecular flexibility index (Phi) is 5.74. The van der Waals surface area contributed by atoms with Crippen LogP contribution in [0.3, 0.4) is 0 Å². The lowest BCUT2D eigenvalue weighted by atomic mass is 10.1. The van der Waals surface area contributed by atoms with Gasteiger partial charge in [-0.2, -0.15) is 0 Å². The summed E-state index contributed by atoms with van der Waals surface area (Å²) in [7, 11) is 0. The van der Waals surface area contributed by atoms with Crippen molar-refractivity contribution in [2.45, 2.75) is 0 Å². The Hall–Kier alpha value is -3.52. The molecule has 0 aromatic heterocycles. The van der Waals surface area contributed by atoms with Crippen LogP contribution in [0.25, 0.3) is 0 Å². The fraction of sp³-hybridized carbons (Fsp3) is 0.100. The van der Waals surface area contributed by atoms with Crippen LogP contribution in [0.1, 0.15) is 31.1 Å². The number of amides is 3. The van der Waals surface area contributed by atoms with E-state index in [9.17, 15) is 23.6 Å². The molecule has 0 unspecified atom stereocenters. The molecule has 2 aromatic rings. The molecule has 0 atom stereocenters. The monoisotopic (exact) mass is 416 g/mol. The molecule has 9 heteroatoms. The molecule has 0 saturated heterocycles. The van der Waals surface area contributed by atoms with Crippen LogP contribution in [0.4, 0.5) is 10.1 Å². The number of carbonyl (C=O) groups is 4. The molecule has 0 aliphatic carbocycles. The van der Waals surface area contributed by atoms with Crippen molar-refractivity contribution in [1.82, 2.24) is 4.90 Å². The lowest BCUT2D eigenvalue weighted by molar-refractivity contribution is -0.119. The first kappa shape index (κ1) is 20.2. The van der Waals surface area contributed by atoms with Gasteiger partial charge in [0.25, 0.3) is 17.7 Å². The van der Waals surface area contributed by atoms with Gasteiger partial charge in [0.05, 0.1) is 21.7 Å². The number of rotatable bonds is 6. The van der Waals surface area contributed by atoms with E-state index >= 15 is 0 Å². The van der Waals surface area contributed by atoms with Crippen LogP contribution in [0, 0.1) is 5.82 Å². The van der Waals surface area contributed by atoms with E-state index in [0.717, 1.165) is 11.0 Å². The SMILES string of the molecule is C=CCN1C(=O)c2ccc(C(=O)OCC(=O)Nc3ccc(F)c(Cl)c3)cc2C1=O. The van der Waals surface area contributed by atoms with Gasteiger partial charge in [0.2, 0.25) is 0 Å². The quantitative estimate of drug-likeness (QED) is 0.444. The number of hydrogen-bond donors (Lipinski definition) is 1. The summed E-state index contributed by atoms with van der Waals surface area (Å²) in [5.74, 6) is -3.15. The van der Waals surface area contributed by atoms with Gasteiger partial charge >= 0.3 is 5.97 Å². The first-order valence-corrected chi connectivity index (χ1v) is 8.72. The normalized spacial score (nSPS) is 12.6. The third-order valence-corrected chi connectivity index (χ3v) is 4.35. The van der Waals surface area contributed by atoms with E-state index in [2.05, 4.69) is 11.9 Å². The maximum Gasteiger partial charge on any atom is 0.338 e. The van der Waals surface area contributed by atoms with E-state index in [4.69, 9.17) is 16.3 Å². The molecule has 0 bridgehead atoms. The van der Waals surface area contributed by atoms with Crippen molar-refractivity contribution in [2.24, 2.45) is 0 Å². The standard InChI is InChI=1S/C20H14ClFN2O5/c1-2-7-24-18(26)13-5-3-11(8-14(13)19(24)27)20(28)29-10-17(25)23-12-4-6-16(22)15(21)9-12/h2-6,8-9H,1,7,10H2,(H,23,25). The zero-order valence-electron chi connectivity index (χ0n) is 14.9. The zero-order valence-corrected chi connectivity index (χ0v) is 15.7. The number of benzene rings is 2. The van der Waals surface area contributed by atoms with Crippen LogP contribution < -0.4 is 5.32 Å². The molecule has 0 saturated carbocycles. The van der Waals surface area contributed by atoms with E-state index in [1.807, 2.05) is 0 Å². The molecule has 2 aromatic carbocycles. The second-order valence-corrected chi connectivity index (χ2v) is 6.43. The molecule has 3 amide bonds. The summed E-state index contributed by atoms with van der Waals surface area (Å²) in [4.78, 5) is 49.6. The van der Waals surface area contributed by atoms with Crippen molar-refractivity contribution in [3.05, 3.63) is 76.6 Å². The predicted molar refractivity (Wildman–Crippen MR) is 102 cm³/mol. The summed E-state index contributed by atoms with van der Waals surface area (Å²) in [6, 6.07) is 7.55. The Balaban J connectivity index is 1.64. The topological polar surface area (TPSA) is 92.8 Å². The summed E-state index contributed by atoms with van der Waals surface area (Å²) in [5, 5.41) is 2.24. The highest BCUT2D eigenvalue weighted by Crippen LogP contribution is 2.24. The van der Waals surface area contributed by atoms with E-state index in [0.29, 0.717) is 0 Å². The first-order valence-electron chi connectivity index (χ1n) is 8.35. The summed E-state index contributed by atoms with van der Waals surface area (Å²) < 4.78 is 18.1. The summed E-state index contributed by atoms with van der Waals surface area (Å²) in [6.45, 7) is 2.94. The highest BCUT2D eigenvalue weighted by Gasteiger charge is 2.35. The number of imide groups is 1. The van der Waals surface area contributed by atoms with Crippen molar-refractivity contribution in [1.29, 1.82) is 0 Å². The van der Waals surface area contributed by atoms with E-state index in [1.165, 1.54) is 36.4 Å². The molecule has 1 aliphatic rings. The molecule has 0 radical (unpaired) electrons. The second-order valence-electron chi connectivity index (χ2n) is 6.02. The Morgan fingerprint density at radius 1 is 1.14 bits per heavy atom. The maximum absolute atomic E-state index is 13.1. The lowest BCUT2D eigenvalue weighted by Crippen LogP contribution is -2.29. The van der Waals surface area contributed by atoms with Gasteiger partial charge in [-0.3, -0.25) is 19.3 Å². The van der Waals surface area contributed by atoms with Gasteiger partial charge in [0, 0.05) is 12.2 Å². The number of nitrogens with zero attached hydrogens (tertiary/aromatic N) is 1. The van der Waals surface area contributed by atoms with Crippen LogP contribution in [0.5, 0.6) is 0 Å². The molecule has 148 valence electrons. The molecule has 7 nitrogen and oxygen atoms in total. The largest absolute Gasteiger partial charge is 0.452 e. The van der Waals surface area contributed by atoms with Gasteiger partial charge in [0.15, 0.2) is 6.61 Å². The number of carbonyl (C=O) groups excluding carboxylic acids is 4. The Morgan fingerprint density at radius 3 is 2.55 bits per heavy atom. The van der Waals surface area contributed by atoms with Gasteiger partial charge in [-0.1, -0.05) is 17.7 Å². The predicted octanol–water partition coefficient (Wildman–Crippen LogP) is 3.06. The van der Waals surface area contributed by atoms with Crippen LogP contribution in [0.15, 0.2) is 49.1 Å². The van der Waals surface area contributed by atoms with Gasteiger partial charge in [-0.25, -0.2) is 9.18 Å². The van der Waals surface area contributed by atoms with E-state index in [-0.39, 0.29) is 33.9 Å². The number of hydrogen-bond acceptors (Lipinski definition) is 5. The van der Waals surface area contributed by atoms with Crippen molar-refractivity contribution in [2.75, 3.05) is 18.5 Å². The second kappa shape index (κ2) is 8.24. The molecule has 29 heavy (non-hydrogen) atoms. The Bertz CT molecular complexity index is 1050. The Morgan fingerprint density at radius 2 is 1.86 bits per heavy atom. The fourth-order valence-electron chi connectivity index (χ4n) is 2.70. The Labute approximate surface area is 169 Å². The fourth-order valence-corrected chi connectivity index (χ4v) is 2.88. The minimum Gasteiger partial charge on any atom is -0.452 e. The molecular weight excluding hydrogens is 403 g/mol.